The van der Waals surface area contributed by atoms with Crippen LogP contribution < -0.4 is 5.32 Å². The number of carbonyl (C=O) groups is 2. The van der Waals surface area contributed by atoms with Crippen LogP contribution >= 0.6 is 15.9 Å². The van der Waals surface area contributed by atoms with Crippen molar-refractivity contribution in [3.05, 3.63) is 28.2 Å². The Balaban J connectivity index is 2.84. The van der Waals surface area contributed by atoms with Gasteiger partial charge in [-0.2, -0.15) is 0 Å². The van der Waals surface area contributed by atoms with Crippen LogP contribution in [0.5, 0.6) is 0 Å². The molecule has 0 bridgehead atoms. The molecule has 1 rings (SSSR count). The molecule has 1 aromatic rings. The highest BCUT2D eigenvalue weighted by Crippen LogP contribution is 2.21. The lowest BCUT2D eigenvalue weighted by atomic mass is 10.2. The Morgan fingerprint density at radius 2 is 2.05 bits per heavy atom. The number of halogens is 1. The monoisotopic (exact) mass is 342 g/mol. The van der Waals surface area contributed by atoms with E-state index in [0.717, 1.165) is 0 Å². The first-order valence-corrected chi connectivity index (χ1v) is 7.23. The summed E-state index contributed by atoms with van der Waals surface area (Å²) >= 11 is 3.17. The van der Waals surface area contributed by atoms with E-state index in [9.17, 15) is 9.59 Å². The molecule has 0 aliphatic rings. The summed E-state index contributed by atoms with van der Waals surface area (Å²) in [4.78, 5) is 24.8. The molecule has 0 aliphatic heterocycles. The quantitative estimate of drug-likeness (QED) is 0.857. The van der Waals surface area contributed by atoms with Gasteiger partial charge in [-0.15, -0.1) is 0 Å². The van der Waals surface area contributed by atoms with Crippen LogP contribution in [0.25, 0.3) is 0 Å². The summed E-state index contributed by atoms with van der Waals surface area (Å²) in [6.45, 7) is 7.25. The number of benzene rings is 1. The van der Waals surface area contributed by atoms with E-state index in [1.165, 1.54) is 6.07 Å². The van der Waals surface area contributed by atoms with Crippen molar-refractivity contribution in [2.75, 3.05) is 18.4 Å². The third kappa shape index (κ3) is 4.52. The summed E-state index contributed by atoms with van der Waals surface area (Å²) < 4.78 is 0.484. The van der Waals surface area contributed by atoms with Crippen molar-refractivity contribution in [1.29, 1.82) is 0 Å². The van der Waals surface area contributed by atoms with E-state index in [1.54, 1.807) is 17.0 Å². The van der Waals surface area contributed by atoms with Gasteiger partial charge >= 0.3 is 12.0 Å². The standard InChI is InChI=1S/C14H19BrN2O3/c1-4-17(8-9(2)3)14(20)16-10-5-6-12(15)11(7-10)13(18)19/h5-7,9H,4,8H2,1-3H3,(H,16,20)(H,18,19). The zero-order valence-corrected chi connectivity index (χ0v) is 13.4. The normalized spacial score (nSPS) is 10.4. The minimum Gasteiger partial charge on any atom is -0.478 e. The molecule has 0 saturated carbocycles. The maximum atomic E-state index is 12.1. The molecule has 0 unspecified atom stereocenters. The van der Waals surface area contributed by atoms with Crippen LogP contribution in [-0.2, 0) is 0 Å². The number of carboxylic acids is 1. The largest absolute Gasteiger partial charge is 0.478 e. The maximum absolute atomic E-state index is 12.1. The highest BCUT2D eigenvalue weighted by atomic mass is 79.9. The Bertz CT molecular complexity index is 503. The van der Waals surface area contributed by atoms with Crippen molar-refractivity contribution in [2.24, 2.45) is 5.92 Å². The van der Waals surface area contributed by atoms with Crippen LogP contribution in [0, 0.1) is 5.92 Å². The lowest BCUT2D eigenvalue weighted by molar-refractivity contribution is 0.0696. The highest BCUT2D eigenvalue weighted by molar-refractivity contribution is 9.10. The fourth-order valence-corrected chi connectivity index (χ4v) is 2.18. The molecule has 2 amide bonds. The number of hydrogen-bond donors (Lipinski definition) is 2. The van der Waals surface area contributed by atoms with Gasteiger partial charge in [-0.25, -0.2) is 9.59 Å². The van der Waals surface area contributed by atoms with Gasteiger partial charge in [0.1, 0.15) is 0 Å². The molecule has 5 nitrogen and oxygen atoms in total. The molecule has 0 radical (unpaired) electrons. The lowest BCUT2D eigenvalue weighted by Crippen LogP contribution is -2.37. The molecule has 0 fully saturated rings. The van der Waals surface area contributed by atoms with Gasteiger partial charge < -0.3 is 15.3 Å². The molecule has 0 heterocycles. The van der Waals surface area contributed by atoms with Crippen molar-refractivity contribution >= 4 is 33.6 Å². The summed E-state index contributed by atoms with van der Waals surface area (Å²) in [7, 11) is 0. The van der Waals surface area contributed by atoms with E-state index >= 15 is 0 Å². The summed E-state index contributed by atoms with van der Waals surface area (Å²) in [6, 6.07) is 4.49. The average molecular weight is 343 g/mol. The molecule has 6 heteroatoms. The second-order valence-corrected chi connectivity index (χ2v) is 5.72. The number of hydrogen-bond acceptors (Lipinski definition) is 2. The number of urea groups is 1. The highest BCUT2D eigenvalue weighted by Gasteiger charge is 2.15. The average Bonchev–Trinajstić information content (AvgIpc) is 2.37. The maximum Gasteiger partial charge on any atom is 0.336 e. The first-order valence-electron chi connectivity index (χ1n) is 6.43. The Labute approximate surface area is 127 Å². The van der Waals surface area contributed by atoms with Crippen LogP contribution in [0.1, 0.15) is 31.1 Å². The number of rotatable bonds is 5. The fourth-order valence-electron chi connectivity index (χ4n) is 1.77. The van der Waals surface area contributed by atoms with Crippen molar-refractivity contribution in [2.45, 2.75) is 20.8 Å². The molecule has 1 aromatic carbocycles. The van der Waals surface area contributed by atoms with Crippen LogP contribution in [0.3, 0.4) is 0 Å². The first-order chi connectivity index (χ1) is 9.35. The minimum atomic E-state index is -1.04. The molecular weight excluding hydrogens is 324 g/mol. The topological polar surface area (TPSA) is 69.6 Å². The molecule has 2 N–H and O–H groups in total. The van der Waals surface area contributed by atoms with Gasteiger partial charge in [0.05, 0.1) is 5.56 Å². The van der Waals surface area contributed by atoms with E-state index in [2.05, 4.69) is 21.2 Å². The van der Waals surface area contributed by atoms with Crippen LogP contribution in [0.15, 0.2) is 22.7 Å². The van der Waals surface area contributed by atoms with Gasteiger partial charge in [-0.1, -0.05) is 13.8 Å². The SMILES string of the molecule is CCN(CC(C)C)C(=O)Nc1ccc(Br)c(C(=O)O)c1. The molecule has 110 valence electrons. The van der Waals surface area contributed by atoms with Crippen molar-refractivity contribution in [1.82, 2.24) is 4.90 Å². The number of carbonyl (C=O) groups excluding carboxylic acids is 1. The third-order valence-corrected chi connectivity index (χ3v) is 3.39. The summed E-state index contributed by atoms with van der Waals surface area (Å²) in [5, 5.41) is 11.8. The number of amides is 2. The van der Waals surface area contributed by atoms with Gasteiger partial charge in [0, 0.05) is 23.2 Å². The fraction of sp³-hybridized carbons (Fsp3) is 0.429. The van der Waals surface area contributed by atoms with Crippen molar-refractivity contribution < 1.29 is 14.7 Å². The third-order valence-electron chi connectivity index (χ3n) is 2.70. The summed E-state index contributed by atoms with van der Waals surface area (Å²) in [5.74, 6) is -0.664. The molecule has 0 spiro atoms. The summed E-state index contributed by atoms with van der Waals surface area (Å²) in [5.41, 5.74) is 0.590. The Morgan fingerprint density at radius 1 is 1.40 bits per heavy atom. The molecule has 0 atom stereocenters. The van der Waals surface area contributed by atoms with Gasteiger partial charge in [-0.3, -0.25) is 0 Å². The van der Waals surface area contributed by atoms with Crippen molar-refractivity contribution in [3.63, 3.8) is 0 Å². The predicted octanol–water partition coefficient (Wildman–Crippen LogP) is 3.66. The van der Waals surface area contributed by atoms with Crippen LogP contribution in [0.4, 0.5) is 10.5 Å². The molecule has 20 heavy (non-hydrogen) atoms. The van der Waals surface area contributed by atoms with E-state index in [4.69, 9.17) is 5.11 Å². The van der Waals surface area contributed by atoms with E-state index < -0.39 is 5.97 Å². The predicted molar refractivity (Wildman–Crippen MR) is 82.2 cm³/mol. The van der Waals surface area contributed by atoms with E-state index in [1.807, 2.05) is 20.8 Å². The molecule has 0 aliphatic carbocycles. The Kier molecular flexibility index (Phi) is 6.01. The number of nitrogens with zero attached hydrogens (tertiary/aromatic N) is 1. The molecule has 0 saturated heterocycles. The summed E-state index contributed by atoms with van der Waals surface area (Å²) in [6.07, 6.45) is 0. The van der Waals surface area contributed by atoms with E-state index in [0.29, 0.717) is 29.2 Å². The van der Waals surface area contributed by atoms with Crippen molar-refractivity contribution in [3.8, 4) is 0 Å². The van der Waals surface area contributed by atoms with Gasteiger partial charge in [0.25, 0.3) is 0 Å². The smallest absolute Gasteiger partial charge is 0.336 e. The zero-order chi connectivity index (χ0) is 15.3. The van der Waals surface area contributed by atoms with Gasteiger partial charge in [-0.05, 0) is 47.0 Å². The van der Waals surface area contributed by atoms with E-state index in [-0.39, 0.29) is 11.6 Å². The molecular formula is C14H19BrN2O3. The minimum absolute atomic E-state index is 0.120. The number of aromatic carboxylic acids is 1. The number of nitrogens with one attached hydrogen (secondary N) is 1. The van der Waals surface area contributed by atoms with Crippen LogP contribution in [-0.4, -0.2) is 35.1 Å². The van der Waals surface area contributed by atoms with Gasteiger partial charge in [0.15, 0.2) is 0 Å². The van der Waals surface area contributed by atoms with Gasteiger partial charge in [0.2, 0.25) is 0 Å². The second-order valence-electron chi connectivity index (χ2n) is 4.86. The van der Waals surface area contributed by atoms with Crippen LogP contribution in [0.2, 0.25) is 0 Å². The first kappa shape index (κ1) is 16.5. The lowest BCUT2D eigenvalue weighted by Gasteiger charge is -2.23. The second kappa shape index (κ2) is 7.28. The number of carboxylic acid groups (broad SMARTS) is 1. The Morgan fingerprint density at radius 3 is 2.55 bits per heavy atom. The number of anilines is 1. The molecule has 0 aromatic heterocycles. The zero-order valence-electron chi connectivity index (χ0n) is 11.8. The Hall–Kier alpha value is -1.56.